The van der Waals surface area contributed by atoms with Crippen molar-refractivity contribution >= 4 is 5.97 Å². The number of hydrogen-bond acceptors (Lipinski definition) is 3. The van der Waals surface area contributed by atoms with Crippen molar-refractivity contribution < 1.29 is 9.53 Å². The van der Waals surface area contributed by atoms with Crippen LogP contribution in [-0.4, -0.2) is 31.1 Å². The number of allylic oxidation sites excluding steroid dienone is 1. The molecule has 0 aliphatic heterocycles. The maximum Gasteiger partial charge on any atom is 0.315 e. The fourth-order valence-corrected chi connectivity index (χ4v) is 4.42. The molecule has 1 aliphatic rings. The number of benzene rings is 1. The molecule has 148 valence electrons. The Morgan fingerprint density at radius 2 is 1.93 bits per heavy atom. The van der Waals surface area contributed by atoms with Crippen molar-refractivity contribution in [3.05, 3.63) is 60.2 Å². The molecule has 1 aromatic rings. The van der Waals surface area contributed by atoms with Crippen LogP contribution in [0.1, 0.15) is 57.1 Å². The van der Waals surface area contributed by atoms with E-state index in [-0.39, 0.29) is 11.9 Å². The zero-order valence-corrected chi connectivity index (χ0v) is 17.5. The molecule has 0 unspecified atom stereocenters. The Morgan fingerprint density at radius 3 is 2.41 bits per heavy atom. The highest BCUT2D eigenvalue weighted by molar-refractivity contribution is 5.79. The van der Waals surface area contributed by atoms with Crippen molar-refractivity contribution in [2.24, 2.45) is 11.3 Å². The minimum atomic E-state index is -0.592. The smallest absolute Gasteiger partial charge is 0.315 e. The molecule has 0 N–H and O–H groups in total. The molecule has 2 rings (SSSR count). The summed E-state index contributed by atoms with van der Waals surface area (Å²) in [7, 11) is 1.47. The highest BCUT2D eigenvalue weighted by Gasteiger charge is 2.45. The molecule has 0 radical (unpaired) electrons. The summed E-state index contributed by atoms with van der Waals surface area (Å²) in [6.45, 7) is 17.8. The lowest BCUT2D eigenvalue weighted by Crippen LogP contribution is -2.38. The lowest BCUT2D eigenvalue weighted by atomic mass is 9.62. The van der Waals surface area contributed by atoms with Crippen LogP contribution in [0.25, 0.3) is 0 Å². The standard InChI is InChI=1S/C24H35NO2/c1-7-24(23(26)27-6)15-14-21(18(4)5)22(16-24)20-12-10-19(11-13-20)17-25(8-2)9-3/h7,10-13,21-22H,1,4,8-9,14-17H2,2-3,5-6H3/t21-,22-,24-/m0/s1. The molecule has 0 saturated heterocycles. The monoisotopic (exact) mass is 369 g/mol. The third-order valence-electron chi connectivity index (χ3n) is 6.30. The first-order valence-corrected chi connectivity index (χ1v) is 10.1. The van der Waals surface area contributed by atoms with E-state index in [0.29, 0.717) is 5.92 Å². The Hall–Kier alpha value is -1.87. The lowest BCUT2D eigenvalue weighted by molar-refractivity contribution is -0.152. The molecule has 0 heterocycles. The zero-order chi connectivity index (χ0) is 20.0. The third-order valence-corrected chi connectivity index (χ3v) is 6.30. The Kier molecular flexibility index (Phi) is 7.43. The Bertz CT molecular complexity index is 659. The predicted molar refractivity (Wildman–Crippen MR) is 113 cm³/mol. The molecule has 1 fully saturated rings. The van der Waals surface area contributed by atoms with Crippen LogP contribution in [0, 0.1) is 11.3 Å². The van der Waals surface area contributed by atoms with Gasteiger partial charge < -0.3 is 4.74 Å². The van der Waals surface area contributed by atoms with Crippen LogP contribution in [0.4, 0.5) is 0 Å². The van der Waals surface area contributed by atoms with Gasteiger partial charge in [-0.3, -0.25) is 9.69 Å². The number of esters is 1. The van der Waals surface area contributed by atoms with E-state index < -0.39 is 5.41 Å². The Balaban J connectivity index is 2.29. The molecule has 0 amide bonds. The van der Waals surface area contributed by atoms with Gasteiger partial charge in [0.15, 0.2) is 0 Å². The molecule has 0 bridgehead atoms. The molecule has 0 spiro atoms. The maximum absolute atomic E-state index is 12.5. The molecule has 3 nitrogen and oxygen atoms in total. The SMILES string of the molecule is C=C[C@]1(C(=O)OC)CC[C@@H](C(=C)C)[C@H](c2ccc(CN(CC)CC)cc2)C1. The summed E-state index contributed by atoms with van der Waals surface area (Å²) in [6, 6.07) is 8.92. The van der Waals surface area contributed by atoms with Gasteiger partial charge in [0.05, 0.1) is 12.5 Å². The molecule has 3 heteroatoms. The Morgan fingerprint density at radius 1 is 1.30 bits per heavy atom. The molecular weight excluding hydrogens is 334 g/mol. The number of hydrogen-bond donors (Lipinski definition) is 0. The number of ether oxygens (including phenoxy) is 1. The van der Waals surface area contributed by atoms with E-state index >= 15 is 0 Å². The van der Waals surface area contributed by atoms with Crippen molar-refractivity contribution in [2.75, 3.05) is 20.2 Å². The fourth-order valence-electron chi connectivity index (χ4n) is 4.42. The van der Waals surface area contributed by atoms with Gasteiger partial charge in [-0.1, -0.05) is 56.3 Å². The van der Waals surface area contributed by atoms with E-state index in [1.165, 1.54) is 23.8 Å². The predicted octanol–water partition coefficient (Wildman–Crippen LogP) is 5.33. The first kappa shape index (κ1) is 21.4. The maximum atomic E-state index is 12.5. The van der Waals surface area contributed by atoms with Gasteiger partial charge in [0.25, 0.3) is 0 Å². The average molecular weight is 370 g/mol. The van der Waals surface area contributed by atoms with Crippen molar-refractivity contribution in [1.29, 1.82) is 0 Å². The van der Waals surface area contributed by atoms with E-state index in [2.05, 4.69) is 63.1 Å². The van der Waals surface area contributed by atoms with Gasteiger partial charge in [0, 0.05) is 6.54 Å². The van der Waals surface area contributed by atoms with Gasteiger partial charge in [-0.25, -0.2) is 0 Å². The number of nitrogens with zero attached hydrogens (tertiary/aromatic N) is 1. The zero-order valence-electron chi connectivity index (χ0n) is 17.5. The molecule has 3 atom stereocenters. The quantitative estimate of drug-likeness (QED) is 0.458. The van der Waals surface area contributed by atoms with Crippen LogP contribution in [0.15, 0.2) is 49.1 Å². The third kappa shape index (κ3) is 4.70. The highest BCUT2D eigenvalue weighted by Crippen LogP contribution is 2.50. The summed E-state index contributed by atoms with van der Waals surface area (Å²) in [6.07, 6.45) is 4.24. The second-order valence-electron chi connectivity index (χ2n) is 7.86. The summed E-state index contributed by atoms with van der Waals surface area (Å²) in [4.78, 5) is 14.9. The number of rotatable bonds is 8. The van der Waals surface area contributed by atoms with E-state index in [4.69, 9.17) is 4.74 Å². The largest absolute Gasteiger partial charge is 0.468 e. The van der Waals surface area contributed by atoms with Crippen LogP contribution in [0.2, 0.25) is 0 Å². The van der Waals surface area contributed by atoms with Gasteiger partial charge in [-0.15, -0.1) is 6.58 Å². The van der Waals surface area contributed by atoms with Gasteiger partial charge in [0.1, 0.15) is 0 Å². The summed E-state index contributed by atoms with van der Waals surface area (Å²) in [5.74, 6) is 0.480. The number of methoxy groups -OCH3 is 1. The molecule has 0 aromatic heterocycles. The van der Waals surface area contributed by atoms with E-state index in [0.717, 1.165) is 38.9 Å². The average Bonchev–Trinajstić information content (AvgIpc) is 2.71. The lowest BCUT2D eigenvalue weighted by Gasteiger charge is -2.42. The molecular formula is C24H35NO2. The second kappa shape index (κ2) is 9.36. The molecule has 1 aliphatic carbocycles. The second-order valence-corrected chi connectivity index (χ2v) is 7.86. The van der Waals surface area contributed by atoms with E-state index in [1.54, 1.807) is 6.08 Å². The molecule has 27 heavy (non-hydrogen) atoms. The minimum Gasteiger partial charge on any atom is -0.468 e. The van der Waals surface area contributed by atoms with Crippen LogP contribution in [-0.2, 0) is 16.1 Å². The van der Waals surface area contributed by atoms with Gasteiger partial charge in [0.2, 0.25) is 0 Å². The van der Waals surface area contributed by atoms with Gasteiger partial charge in [-0.2, -0.15) is 0 Å². The van der Waals surface area contributed by atoms with Crippen LogP contribution >= 0.6 is 0 Å². The topological polar surface area (TPSA) is 29.5 Å². The summed E-state index contributed by atoms with van der Waals surface area (Å²) in [5.41, 5.74) is 3.20. The fraction of sp³-hybridized carbons (Fsp3) is 0.542. The first-order valence-electron chi connectivity index (χ1n) is 10.1. The van der Waals surface area contributed by atoms with Crippen molar-refractivity contribution in [3.8, 4) is 0 Å². The highest BCUT2D eigenvalue weighted by atomic mass is 16.5. The normalized spacial score (nSPS) is 25.2. The molecule has 1 saturated carbocycles. The van der Waals surface area contributed by atoms with Crippen molar-refractivity contribution in [2.45, 2.75) is 52.5 Å². The minimum absolute atomic E-state index is 0.166. The van der Waals surface area contributed by atoms with E-state index in [1.807, 2.05) is 0 Å². The Labute approximate surface area is 165 Å². The number of carbonyl (C=O) groups excluding carboxylic acids is 1. The number of carbonyl (C=O) groups is 1. The van der Waals surface area contributed by atoms with Gasteiger partial charge in [-0.05, 0) is 62.2 Å². The first-order chi connectivity index (χ1) is 12.9. The van der Waals surface area contributed by atoms with Crippen LogP contribution < -0.4 is 0 Å². The summed E-state index contributed by atoms with van der Waals surface area (Å²) >= 11 is 0. The van der Waals surface area contributed by atoms with E-state index in [9.17, 15) is 4.79 Å². The summed E-state index contributed by atoms with van der Waals surface area (Å²) in [5, 5.41) is 0. The van der Waals surface area contributed by atoms with Crippen LogP contribution in [0.3, 0.4) is 0 Å². The molecule has 1 aromatic carbocycles. The van der Waals surface area contributed by atoms with Crippen molar-refractivity contribution in [3.63, 3.8) is 0 Å². The van der Waals surface area contributed by atoms with Crippen LogP contribution in [0.5, 0.6) is 0 Å². The van der Waals surface area contributed by atoms with Gasteiger partial charge >= 0.3 is 5.97 Å². The van der Waals surface area contributed by atoms with Crippen molar-refractivity contribution in [1.82, 2.24) is 4.90 Å². The summed E-state index contributed by atoms with van der Waals surface area (Å²) < 4.78 is 5.11.